The van der Waals surface area contributed by atoms with Gasteiger partial charge in [0.1, 0.15) is 0 Å². The second-order valence-electron chi connectivity index (χ2n) is 2.71. The van der Waals surface area contributed by atoms with E-state index in [1.807, 2.05) is 0 Å². The Bertz CT molecular complexity index is 281. The highest BCUT2D eigenvalue weighted by Crippen LogP contribution is 1.96. The number of rotatable bonds is 5. The van der Waals surface area contributed by atoms with Gasteiger partial charge in [0, 0.05) is 13.7 Å². The number of nitrogens with zero attached hydrogens (tertiary/aromatic N) is 1. The minimum Gasteiger partial charge on any atom is -0.380 e. The maximum Gasteiger partial charge on any atom is 0.227 e. The molecule has 2 unspecified atom stereocenters. The molecule has 0 amide bonds. The average Bonchev–Trinajstić information content (AvgIpc) is 2.12. The Balaban J connectivity index is 4.14. The fraction of sp³-hybridized carbons (Fsp3) is 0.857. The van der Waals surface area contributed by atoms with Gasteiger partial charge in [-0.15, -0.1) is 0 Å². The standard InChI is InChI=1S/C7H14N2O3S/c1-6(12-3)5-9-13(10,11)7(2)4-8/h6-7,9H,5H2,1-3H3. The summed E-state index contributed by atoms with van der Waals surface area (Å²) >= 11 is 0. The SMILES string of the molecule is COC(C)CNS(=O)(=O)C(C)C#N. The van der Waals surface area contributed by atoms with E-state index in [1.54, 1.807) is 13.0 Å². The van der Waals surface area contributed by atoms with Crippen LogP contribution in [0.1, 0.15) is 13.8 Å². The molecule has 13 heavy (non-hydrogen) atoms. The van der Waals surface area contributed by atoms with Crippen LogP contribution in [0.25, 0.3) is 0 Å². The zero-order chi connectivity index (χ0) is 10.5. The van der Waals surface area contributed by atoms with Crippen LogP contribution in [0.3, 0.4) is 0 Å². The molecule has 0 aromatic heterocycles. The van der Waals surface area contributed by atoms with E-state index in [2.05, 4.69) is 4.72 Å². The molecular weight excluding hydrogens is 192 g/mol. The van der Waals surface area contributed by atoms with Crippen molar-refractivity contribution in [2.45, 2.75) is 25.2 Å². The summed E-state index contributed by atoms with van der Waals surface area (Å²) in [4.78, 5) is 0. The smallest absolute Gasteiger partial charge is 0.227 e. The van der Waals surface area contributed by atoms with Crippen molar-refractivity contribution in [1.29, 1.82) is 5.26 Å². The summed E-state index contributed by atoms with van der Waals surface area (Å²) in [6.45, 7) is 3.25. The van der Waals surface area contributed by atoms with Gasteiger partial charge in [0.2, 0.25) is 10.0 Å². The van der Waals surface area contributed by atoms with Gasteiger partial charge in [-0.25, -0.2) is 13.1 Å². The lowest BCUT2D eigenvalue weighted by Gasteiger charge is -2.11. The highest BCUT2D eigenvalue weighted by molar-refractivity contribution is 7.90. The molecule has 1 N–H and O–H groups in total. The van der Waals surface area contributed by atoms with E-state index in [9.17, 15) is 8.42 Å². The Labute approximate surface area is 78.7 Å². The van der Waals surface area contributed by atoms with Crippen LogP contribution in [0.2, 0.25) is 0 Å². The maximum absolute atomic E-state index is 11.2. The van der Waals surface area contributed by atoms with Gasteiger partial charge in [-0.2, -0.15) is 5.26 Å². The molecule has 0 aromatic carbocycles. The Kier molecular flexibility index (Phi) is 4.91. The minimum absolute atomic E-state index is 0.185. The highest BCUT2D eigenvalue weighted by atomic mass is 32.2. The van der Waals surface area contributed by atoms with Crippen molar-refractivity contribution < 1.29 is 13.2 Å². The van der Waals surface area contributed by atoms with Gasteiger partial charge in [0.25, 0.3) is 0 Å². The summed E-state index contributed by atoms with van der Waals surface area (Å²) in [5, 5.41) is 7.36. The Hall–Kier alpha value is -0.640. The fourth-order valence-corrected chi connectivity index (χ4v) is 1.37. The molecular formula is C7H14N2O3S. The first kappa shape index (κ1) is 12.4. The molecule has 0 rings (SSSR count). The second kappa shape index (κ2) is 5.17. The molecule has 2 atom stereocenters. The average molecular weight is 206 g/mol. The van der Waals surface area contributed by atoms with Crippen molar-refractivity contribution in [3.63, 3.8) is 0 Å². The summed E-state index contributed by atoms with van der Waals surface area (Å²) in [5.74, 6) is 0. The summed E-state index contributed by atoms with van der Waals surface area (Å²) in [5.41, 5.74) is 0. The minimum atomic E-state index is -3.51. The maximum atomic E-state index is 11.2. The van der Waals surface area contributed by atoms with Gasteiger partial charge in [-0.05, 0) is 13.8 Å². The zero-order valence-corrected chi connectivity index (χ0v) is 8.76. The van der Waals surface area contributed by atoms with Gasteiger partial charge < -0.3 is 4.74 Å². The number of sulfonamides is 1. The van der Waals surface area contributed by atoms with Crippen LogP contribution in [-0.2, 0) is 14.8 Å². The van der Waals surface area contributed by atoms with Crippen molar-refractivity contribution in [3.05, 3.63) is 0 Å². The first-order valence-electron chi connectivity index (χ1n) is 3.85. The lowest BCUT2D eigenvalue weighted by Crippen LogP contribution is -2.36. The first-order valence-corrected chi connectivity index (χ1v) is 5.39. The molecule has 0 fully saturated rings. The summed E-state index contributed by atoms with van der Waals surface area (Å²) in [6, 6.07) is 1.66. The van der Waals surface area contributed by atoms with E-state index in [0.29, 0.717) is 0 Å². The largest absolute Gasteiger partial charge is 0.380 e. The molecule has 5 nitrogen and oxygen atoms in total. The van der Waals surface area contributed by atoms with E-state index >= 15 is 0 Å². The van der Waals surface area contributed by atoms with Gasteiger partial charge in [0.15, 0.2) is 5.25 Å². The van der Waals surface area contributed by atoms with Crippen LogP contribution in [0, 0.1) is 11.3 Å². The van der Waals surface area contributed by atoms with E-state index in [4.69, 9.17) is 10.00 Å². The molecule has 0 saturated carbocycles. The van der Waals surface area contributed by atoms with Crippen LogP contribution < -0.4 is 4.72 Å². The van der Waals surface area contributed by atoms with E-state index in [0.717, 1.165) is 0 Å². The predicted octanol–water partition coefficient (Wildman–Crippen LogP) is -0.147. The third-order valence-electron chi connectivity index (χ3n) is 1.62. The van der Waals surface area contributed by atoms with Crippen molar-refractivity contribution >= 4 is 10.0 Å². The molecule has 0 spiro atoms. The van der Waals surface area contributed by atoms with Crippen LogP contribution in [0.15, 0.2) is 0 Å². The number of methoxy groups -OCH3 is 1. The quantitative estimate of drug-likeness (QED) is 0.678. The summed E-state index contributed by atoms with van der Waals surface area (Å²) < 4.78 is 29.5. The van der Waals surface area contributed by atoms with Crippen molar-refractivity contribution in [3.8, 4) is 6.07 Å². The Morgan fingerprint density at radius 2 is 2.08 bits per heavy atom. The molecule has 76 valence electrons. The third-order valence-corrected chi connectivity index (χ3v) is 3.23. The lowest BCUT2D eigenvalue weighted by atomic mass is 10.4. The summed E-state index contributed by atoms with van der Waals surface area (Å²) in [6.07, 6.45) is -0.194. The highest BCUT2D eigenvalue weighted by Gasteiger charge is 2.19. The van der Waals surface area contributed by atoms with Crippen LogP contribution in [-0.4, -0.2) is 33.4 Å². The first-order chi connectivity index (χ1) is 5.94. The normalized spacial score (nSPS) is 16.2. The van der Waals surface area contributed by atoms with E-state index in [-0.39, 0.29) is 12.6 Å². The van der Waals surface area contributed by atoms with E-state index < -0.39 is 15.3 Å². The molecule has 0 aliphatic heterocycles. The third kappa shape index (κ3) is 4.22. The van der Waals surface area contributed by atoms with Gasteiger partial charge in [-0.3, -0.25) is 0 Å². The van der Waals surface area contributed by atoms with Gasteiger partial charge in [0.05, 0.1) is 12.2 Å². The number of hydrogen-bond acceptors (Lipinski definition) is 4. The molecule has 0 aliphatic carbocycles. The lowest BCUT2D eigenvalue weighted by molar-refractivity contribution is 0.122. The molecule has 0 aliphatic rings. The number of ether oxygens (including phenoxy) is 1. The Morgan fingerprint density at radius 1 is 1.54 bits per heavy atom. The molecule has 0 aromatic rings. The van der Waals surface area contributed by atoms with Crippen molar-refractivity contribution in [2.75, 3.05) is 13.7 Å². The second-order valence-corrected chi connectivity index (χ2v) is 4.80. The van der Waals surface area contributed by atoms with Crippen molar-refractivity contribution in [1.82, 2.24) is 4.72 Å². The van der Waals surface area contributed by atoms with Gasteiger partial charge >= 0.3 is 0 Å². The molecule has 0 saturated heterocycles. The molecule has 0 bridgehead atoms. The predicted molar refractivity (Wildman–Crippen MR) is 48.5 cm³/mol. The molecule has 6 heteroatoms. The molecule has 0 heterocycles. The van der Waals surface area contributed by atoms with E-state index in [1.165, 1.54) is 14.0 Å². The summed E-state index contributed by atoms with van der Waals surface area (Å²) in [7, 11) is -2.01. The Morgan fingerprint density at radius 3 is 2.46 bits per heavy atom. The topological polar surface area (TPSA) is 79.2 Å². The van der Waals surface area contributed by atoms with Gasteiger partial charge in [-0.1, -0.05) is 0 Å². The monoisotopic (exact) mass is 206 g/mol. The van der Waals surface area contributed by atoms with Crippen LogP contribution in [0.5, 0.6) is 0 Å². The van der Waals surface area contributed by atoms with Crippen LogP contribution >= 0.6 is 0 Å². The van der Waals surface area contributed by atoms with Crippen molar-refractivity contribution in [2.24, 2.45) is 0 Å². The number of hydrogen-bond donors (Lipinski definition) is 1. The number of nitrogens with one attached hydrogen (secondary N) is 1. The zero-order valence-electron chi connectivity index (χ0n) is 7.94. The number of nitriles is 1. The van der Waals surface area contributed by atoms with Crippen LogP contribution in [0.4, 0.5) is 0 Å². The molecule has 0 radical (unpaired) electrons. The fourth-order valence-electron chi connectivity index (χ4n) is 0.511.